The third kappa shape index (κ3) is 1.61. The Hall–Kier alpha value is -2.11. The van der Waals surface area contributed by atoms with E-state index in [4.69, 9.17) is 0 Å². The Bertz CT molecular complexity index is 558. The third-order valence-electron chi connectivity index (χ3n) is 3.25. The number of rotatable bonds is 1. The maximum atomic E-state index is 12.2. The second-order valence-electron chi connectivity index (χ2n) is 4.40. The average Bonchev–Trinajstić information content (AvgIpc) is 2.68. The largest absolute Gasteiger partial charge is 0.371 e. The smallest absolute Gasteiger partial charge is 0.290 e. The fourth-order valence-corrected chi connectivity index (χ4v) is 2.33. The van der Waals surface area contributed by atoms with Crippen LogP contribution in [0.5, 0.6) is 0 Å². The van der Waals surface area contributed by atoms with Crippen molar-refractivity contribution >= 4 is 30.6 Å². The van der Waals surface area contributed by atoms with Crippen molar-refractivity contribution in [3.8, 4) is 0 Å². The van der Waals surface area contributed by atoms with E-state index < -0.39 is 11.9 Å². The van der Waals surface area contributed by atoms with Crippen LogP contribution in [0.4, 0.5) is 0 Å². The minimum atomic E-state index is -0.581. The van der Waals surface area contributed by atoms with Crippen molar-refractivity contribution in [1.29, 1.82) is 0 Å². The number of nitrogens with one attached hydrogen (secondary N) is 1. The van der Waals surface area contributed by atoms with Crippen molar-refractivity contribution in [3.05, 3.63) is 29.8 Å². The lowest BCUT2D eigenvalue weighted by Gasteiger charge is -2.29. The van der Waals surface area contributed by atoms with Gasteiger partial charge in [0.15, 0.2) is 0 Å². The van der Waals surface area contributed by atoms with Gasteiger partial charge in [-0.1, -0.05) is 18.2 Å². The van der Waals surface area contributed by atoms with Gasteiger partial charge < -0.3 is 4.81 Å². The van der Waals surface area contributed by atoms with Crippen molar-refractivity contribution in [2.24, 2.45) is 0 Å². The van der Waals surface area contributed by atoms with Crippen LogP contribution >= 0.6 is 0 Å². The molecule has 1 fully saturated rings. The molecule has 1 aromatic carbocycles. The Morgan fingerprint density at radius 2 is 2.00 bits per heavy atom. The van der Waals surface area contributed by atoms with Gasteiger partial charge in [0.1, 0.15) is 0 Å². The maximum Gasteiger partial charge on any atom is 0.290 e. The fourth-order valence-electron chi connectivity index (χ4n) is 2.33. The van der Waals surface area contributed by atoms with E-state index in [-0.39, 0.29) is 18.2 Å². The summed E-state index contributed by atoms with van der Waals surface area (Å²) < 4.78 is 0. The molecule has 0 bridgehead atoms. The number of hydrogen-bond acceptors (Lipinski definition) is 3. The molecule has 1 saturated heterocycles. The van der Waals surface area contributed by atoms with Crippen LogP contribution in [0.3, 0.4) is 0 Å². The molecule has 2 heterocycles. The molecule has 0 aromatic heterocycles. The Morgan fingerprint density at radius 1 is 1.22 bits per heavy atom. The SMILES string of the molecule is O=C1CCC(N2[B]c3ccccc3C2=O)C(=O)N1. The van der Waals surface area contributed by atoms with Crippen molar-refractivity contribution in [1.82, 2.24) is 10.1 Å². The Balaban J connectivity index is 1.86. The molecule has 6 heteroatoms. The van der Waals surface area contributed by atoms with Crippen molar-refractivity contribution in [3.63, 3.8) is 0 Å². The molecular weight excluding hydrogens is 231 g/mol. The number of benzene rings is 1. The van der Waals surface area contributed by atoms with Crippen LogP contribution in [-0.2, 0) is 9.59 Å². The standard InChI is InChI=1S/C12H10BN2O3/c16-10-6-5-9(11(17)14-10)15-12(18)7-3-1-2-4-8(7)13-15/h1-4,9H,5-6H2,(H,14,16,17). The first-order valence-corrected chi connectivity index (χ1v) is 5.77. The molecule has 1 radical (unpaired) electrons. The molecule has 3 rings (SSSR count). The van der Waals surface area contributed by atoms with E-state index in [0.29, 0.717) is 12.0 Å². The molecule has 18 heavy (non-hydrogen) atoms. The van der Waals surface area contributed by atoms with Crippen LogP contribution in [0, 0.1) is 0 Å². The van der Waals surface area contributed by atoms with Gasteiger partial charge in [-0.3, -0.25) is 19.7 Å². The number of piperidine rings is 1. The third-order valence-corrected chi connectivity index (χ3v) is 3.25. The van der Waals surface area contributed by atoms with Crippen LogP contribution in [0.1, 0.15) is 23.2 Å². The summed E-state index contributed by atoms with van der Waals surface area (Å²) in [6, 6.07) is 6.62. The summed E-state index contributed by atoms with van der Waals surface area (Å²) in [4.78, 5) is 36.4. The second-order valence-corrected chi connectivity index (χ2v) is 4.40. The quantitative estimate of drug-likeness (QED) is 0.516. The molecule has 5 nitrogen and oxygen atoms in total. The molecule has 0 aliphatic carbocycles. The van der Waals surface area contributed by atoms with E-state index in [2.05, 4.69) is 5.32 Å². The fraction of sp³-hybridized carbons (Fsp3) is 0.250. The molecule has 3 amide bonds. The van der Waals surface area contributed by atoms with Gasteiger partial charge in [-0.25, -0.2) is 0 Å². The number of nitrogens with zero attached hydrogens (tertiary/aromatic N) is 1. The monoisotopic (exact) mass is 241 g/mol. The molecule has 1 unspecified atom stereocenters. The summed E-state index contributed by atoms with van der Waals surface area (Å²) in [5.74, 6) is -0.857. The highest BCUT2D eigenvalue weighted by Crippen LogP contribution is 2.18. The highest BCUT2D eigenvalue weighted by atomic mass is 16.2. The van der Waals surface area contributed by atoms with Crippen LogP contribution < -0.4 is 10.8 Å². The first-order valence-electron chi connectivity index (χ1n) is 5.77. The molecule has 89 valence electrons. The van der Waals surface area contributed by atoms with Gasteiger partial charge in [-0.05, 0) is 17.9 Å². The first kappa shape index (κ1) is 11.0. The van der Waals surface area contributed by atoms with E-state index >= 15 is 0 Å². The second kappa shape index (κ2) is 3.98. The van der Waals surface area contributed by atoms with E-state index in [0.717, 1.165) is 5.46 Å². The number of imide groups is 1. The molecule has 1 aromatic rings. The van der Waals surface area contributed by atoms with Crippen LogP contribution in [-0.4, -0.2) is 36.0 Å². The Kier molecular flexibility index (Phi) is 2.43. The topological polar surface area (TPSA) is 66.5 Å². The lowest BCUT2D eigenvalue weighted by Crippen LogP contribution is -2.54. The van der Waals surface area contributed by atoms with Gasteiger partial charge in [0.05, 0.1) is 6.04 Å². The van der Waals surface area contributed by atoms with Crippen molar-refractivity contribution in [2.75, 3.05) is 0 Å². The van der Waals surface area contributed by atoms with Crippen LogP contribution in [0.2, 0.25) is 0 Å². The van der Waals surface area contributed by atoms with Crippen LogP contribution in [0.15, 0.2) is 24.3 Å². The zero-order valence-electron chi connectivity index (χ0n) is 9.55. The lowest BCUT2D eigenvalue weighted by molar-refractivity contribution is -0.135. The summed E-state index contributed by atoms with van der Waals surface area (Å²) in [6.07, 6.45) is 0.644. The number of carbonyl (C=O) groups is 3. The zero-order valence-corrected chi connectivity index (χ0v) is 9.55. The van der Waals surface area contributed by atoms with Crippen LogP contribution in [0.25, 0.3) is 0 Å². The summed E-state index contributed by atoms with van der Waals surface area (Å²) in [6.45, 7) is 0. The molecule has 0 saturated carbocycles. The number of hydrogen-bond donors (Lipinski definition) is 1. The van der Waals surface area contributed by atoms with Crippen molar-refractivity contribution < 1.29 is 14.4 Å². The van der Waals surface area contributed by atoms with Crippen molar-refractivity contribution in [2.45, 2.75) is 18.9 Å². The van der Waals surface area contributed by atoms with Gasteiger partial charge in [0, 0.05) is 12.0 Å². The zero-order chi connectivity index (χ0) is 12.7. The minimum absolute atomic E-state index is 0.180. The number of carbonyl (C=O) groups excluding carboxylic acids is 3. The van der Waals surface area contributed by atoms with E-state index in [1.165, 1.54) is 4.81 Å². The first-order chi connectivity index (χ1) is 8.66. The minimum Gasteiger partial charge on any atom is -0.371 e. The van der Waals surface area contributed by atoms with E-state index in [1.54, 1.807) is 19.5 Å². The number of amides is 3. The molecule has 0 spiro atoms. The molecule has 2 aliphatic rings. The molecule has 2 aliphatic heterocycles. The predicted molar refractivity (Wildman–Crippen MR) is 64.2 cm³/mol. The highest BCUT2D eigenvalue weighted by Gasteiger charge is 2.39. The van der Waals surface area contributed by atoms with Gasteiger partial charge in [-0.2, -0.15) is 0 Å². The Labute approximate surface area is 104 Å². The summed E-state index contributed by atoms with van der Waals surface area (Å²) in [5.41, 5.74) is 1.41. The molecule has 1 N–H and O–H groups in total. The van der Waals surface area contributed by atoms with E-state index in [1.807, 2.05) is 12.1 Å². The number of fused-ring (bicyclic) bond motifs is 1. The maximum absolute atomic E-state index is 12.2. The average molecular weight is 241 g/mol. The summed E-state index contributed by atoms with van der Waals surface area (Å²) in [7, 11) is 1.68. The van der Waals surface area contributed by atoms with Gasteiger partial charge in [-0.15, -0.1) is 0 Å². The molecule has 1 atom stereocenters. The lowest BCUT2D eigenvalue weighted by atomic mass is 9.81. The summed E-state index contributed by atoms with van der Waals surface area (Å²) >= 11 is 0. The Morgan fingerprint density at radius 3 is 2.72 bits per heavy atom. The van der Waals surface area contributed by atoms with Gasteiger partial charge in [0.25, 0.3) is 7.41 Å². The van der Waals surface area contributed by atoms with Gasteiger partial charge >= 0.3 is 0 Å². The predicted octanol–water partition coefficient (Wildman–Crippen LogP) is -0.808. The normalized spacial score (nSPS) is 22.6. The summed E-state index contributed by atoms with van der Waals surface area (Å²) in [5, 5.41) is 2.26. The highest BCUT2D eigenvalue weighted by molar-refractivity contribution is 6.61. The van der Waals surface area contributed by atoms with E-state index in [9.17, 15) is 14.4 Å². The van der Waals surface area contributed by atoms with Gasteiger partial charge in [0.2, 0.25) is 17.7 Å². The molecular formula is C12H10BN2O3.